The minimum absolute atomic E-state index is 0.0210. The van der Waals surface area contributed by atoms with E-state index in [-0.39, 0.29) is 17.9 Å². The summed E-state index contributed by atoms with van der Waals surface area (Å²) in [6.07, 6.45) is 7.29. The summed E-state index contributed by atoms with van der Waals surface area (Å²) in [7, 11) is 0. The van der Waals surface area contributed by atoms with Gasteiger partial charge in [-0.1, -0.05) is 24.3 Å². The normalized spacial score (nSPS) is 18.9. The van der Waals surface area contributed by atoms with E-state index in [1.807, 2.05) is 55.5 Å². The molecule has 10 nitrogen and oxygen atoms in total. The van der Waals surface area contributed by atoms with E-state index >= 15 is 0 Å². The minimum Gasteiger partial charge on any atom is -0.490 e. The van der Waals surface area contributed by atoms with Crippen molar-refractivity contribution in [3.05, 3.63) is 66.5 Å². The van der Waals surface area contributed by atoms with Crippen LogP contribution in [0.1, 0.15) is 52.0 Å². The van der Waals surface area contributed by atoms with Crippen LogP contribution in [0.25, 0.3) is 0 Å². The molecule has 10 heteroatoms. The molecule has 44 heavy (non-hydrogen) atoms. The Labute approximate surface area is 259 Å². The Bertz CT molecular complexity index is 1450. The topological polar surface area (TPSA) is 117 Å². The zero-order valence-corrected chi connectivity index (χ0v) is 25.9. The number of para-hydroxylation sites is 2. The highest BCUT2D eigenvalue weighted by atomic mass is 16.5. The molecule has 0 aliphatic carbocycles. The first-order chi connectivity index (χ1) is 21.2. The number of aliphatic carboxylic acids is 1. The van der Waals surface area contributed by atoms with E-state index in [0.717, 1.165) is 61.5 Å². The van der Waals surface area contributed by atoms with Gasteiger partial charge in [-0.3, -0.25) is 14.6 Å². The number of carboxylic acid groups (broad SMARTS) is 1. The molecule has 2 aromatic carbocycles. The van der Waals surface area contributed by atoms with Crippen molar-refractivity contribution in [3.63, 3.8) is 0 Å². The highest BCUT2D eigenvalue weighted by molar-refractivity contribution is 5.92. The third-order valence-corrected chi connectivity index (χ3v) is 8.31. The molecule has 234 valence electrons. The molecule has 2 fully saturated rings. The molecule has 0 saturated carbocycles. The van der Waals surface area contributed by atoms with Crippen LogP contribution < -0.4 is 24.6 Å². The fourth-order valence-electron chi connectivity index (χ4n) is 5.92. The van der Waals surface area contributed by atoms with Crippen LogP contribution in [0.4, 0.5) is 17.3 Å². The Morgan fingerprint density at radius 1 is 1.00 bits per heavy atom. The van der Waals surface area contributed by atoms with Crippen molar-refractivity contribution >= 4 is 29.2 Å². The van der Waals surface area contributed by atoms with Crippen molar-refractivity contribution in [1.29, 1.82) is 0 Å². The fraction of sp³-hybridized carbons (Fsp3) is 0.471. The van der Waals surface area contributed by atoms with Crippen LogP contribution >= 0.6 is 0 Å². The number of carbonyl (C=O) groups is 2. The van der Waals surface area contributed by atoms with E-state index in [1.54, 1.807) is 26.2 Å². The van der Waals surface area contributed by atoms with Gasteiger partial charge in [0.2, 0.25) is 5.91 Å². The highest BCUT2D eigenvalue weighted by Crippen LogP contribution is 2.31. The molecular weight excluding hydrogens is 558 g/mol. The summed E-state index contributed by atoms with van der Waals surface area (Å²) in [6.45, 7) is 8.93. The van der Waals surface area contributed by atoms with E-state index in [4.69, 9.17) is 14.5 Å². The number of ether oxygens (including phenoxy) is 2. The average molecular weight is 602 g/mol. The van der Waals surface area contributed by atoms with Crippen molar-refractivity contribution in [2.75, 3.05) is 47.9 Å². The Hall–Kier alpha value is -4.34. The first-order valence-corrected chi connectivity index (χ1v) is 15.6. The van der Waals surface area contributed by atoms with Crippen molar-refractivity contribution in [3.8, 4) is 11.5 Å². The van der Waals surface area contributed by atoms with Crippen LogP contribution in [0.3, 0.4) is 0 Å². The molecule has 2 saturated heterocycles. The van der Waals surface area contributed by atoms with Crippen molar-refractivity contribution < 1.29 is 24.2 Å². The number of hydrogen-bond donors (Lipinski definition) is 2. The molecule has 0 bridgehead atoms. The lowest BCUT2D eigenvalue weighted by Gasteiger charge is -2.34. The van der Waals surface area contributed by atoms with Gasteiger partial charge in [0.15, 0.2) is 17.3 Å². The predicted octanol–water partition coefficient (Wildman–Crippen LogP) is 5.43. The Morgan fingerprint density at radius 3 is 2.57 bits per heavy atom. The SMILES string of the molecule is CCOc1ccccc1O[C@@H]1CCCN(c2cncc(NC(=O)[C@@H]3CCCN(c4cccc(CC(C)(C)C(=O)O)c4)C3)n2)C1. The van der Waals surface area contributed by atoms with Gasteiger partial charge in [0.05, 0.1) is 36.9 Å². The van der Waals surface area contributed by atoms with Gasteiger partial charge in [-0.15, -0.1) is 0 Å². The monoisotopic (exact) mass is 601 g/mol. The number of nitrogens with one attached hydrogen (secondary N) is 1. The van der Waals surface area contributed by atoms with Gasteiger partial charge in [-0.25, -0.2) is 4.98 Å². The van der Waals surface area contributed by atoms with E-state index in [9.17, 15) is 14.7 Å². The zero-order chi connectivity index (χ0) is 31.1. The van der Waals surface area contributed by atoms with Crippen LogP contribution in [0.5, 0.6) is 11.5 Å². The van der Waals surface area contributed by atoms with E-state index in [0.29, 0.717) is 37.8 Å². The Morgan fingerprint density at radius 2 is 1.77 bits per heavy atom. The fourth-order valence-corrected chi connectivity index (χ4v) is 5.92. The third kappa shape index (κ3) is 7.78. The number of hydrogen-bond acceptors (Lipinski definition) is 8. The molecule has 0 spiro atoms. The lowest BCUT2D eigenvalue weighted by atomic mass is 9.86. The van der Waals surface area contributed by atoms with E-state index < -0.39 is 11.4 Å². The van der Waals surface area contributed by atoms with Gasteiger partial charge >= 0.3 is 5.97 Å². The number of rotatable bonds is 11. The molecule has 2 atom stereocenters. The summed E-state index contributed by atoms with van der Waals surface area (Å²) in [5.41, 5.74) is 1.13. The number of amides is 1. The summed E-state index contributed by atoms with van der Waals surface area (Å²) in [5.74, 6) is 1.54. The van der Waals surface area contributed by atoms with Crippen LogP contribution in [0, 0.1) is 11.3 Å². The largest absolute Gasteiger partial charge is 0.490 e. The molecule has 0 radical (unpaired) electrons. The van der Waals surface area contributed by atoms with Gasteiger partial charge in [0.25, 0.3) is 0 Å². The molecule has 5 rings (SSSR count). The third-order valence-electron chi connectivity index (χ3n) is 8.31. The van der Waals surface area contributed by atoms with Gasteiger partial charge < -0.3 is 29.7 Å². The number of anilines is 3. The molecule has 2 aliphatic rings. The second-order valence-corrected chi connectivity index (χ2v) is 12.3. The van der Waals surface area contributed by atoms with Gasteiger partial charge in [-0.2, -0.15) is 0 Å². The van der Waals surface area contributed by atoms with E-state index in [2.05, 4.69) is 20.1 Å². The summed E-state index contributed by atoms with van der Waals surface area (Å²) < 4.78 is 12.1. The zero-order valence-electron chi connectivity index (χ0n) is 25.9. The van der Waals surface area contributed by atoms with Gasteiger partial charge in [-0.05, 0) is 82.7 Å². The van der Waals surface area contributed by atoms with Crippen LogP contribution in [-0.4, -0.2) is 65.8 Å². The molecule has 1 aromatic heterocycles. The second-order valence-electron chi connectivity index (χ2n) is 12.3. The molecule has 3 aromatic rings. The minimum atomic E-state index is -0.852. The maximum atomic E-state index is 13.4. The van der Waals surface area contributed by atoms with E-state index in [1.165, 1.54) is 0 Å². The molecule has 0 unspecified atom stereocenters. The Kier molecular flexibility index (Phi) is 9.87. The number of benzene rings is 2. The first-order valence-electron chi connectivity index (χ1n) is 15.6. The molecule has 2 aliphatic heterocycles. The molecule has 1 amide bonds. The maximum absolute atomic E-state index is 13.4. The van der Waals surface area contributed by atoms with Crippen LogP contribution in [0.15, 0.2) is 60.9 Å². The molecule has 3 heterocycles. The summed E-state index contributed by atoms with van der Waals surface area (Å²) in [5, 5.41) is 12.6. The van der Waals surface area contributed by atoms with Crippen molar-refractivity contribution in [2.24, 2.45) is 11.3 Å². The summed E-state index contributed by atoms with van der Waals surface area (Å²) >= 11 is 0. The smallest absolute Gasteiger partial charge is 0.309 e. The number of aromatic nitrogens is 2. The van der Waals surface area contributed by atoms with Crippen LogP contribution in [-0.2, 0) is 16.0 Å². The first kappa shape index (κ1) is 31.1. The molecular formula is C34H43N5O5. The lowest BCUT2D eigenvalue weighted by molar-refractivity contribution is -0.146. The average Bonchev–Trinajstić information content (AvgIpc) is 3.02. The standard InChI is InChI=1S/C34H43N5O5/c1-4-43-28-14-5-6-15-29(28)44-27-13-9-17-39(23-27)31-21-35-20-30(36-31)37-32(40)25-11-8-16-38(22-25)26-12-7-10-24(18-26)19-34(2,3)33(41)42/h5-7,10,12,14-15,18,20-21,25,27H,4,8-9,11,13,16-17,19,22-23H2,1-3H3,(H,41,42)(H,36,37,40)/t25-,27-/m1/s1. The second kappa shape index (κ2) is 14.0. The number of piperidine rings is 2. The van der Waals surface area contributed by atoms with Crippen molar-refractivity contribution in [2.45, 2.75) is 59.0 Å². The lowest BCUT2D eigenvalue weighted by Crippen LogP contribution is -2.42. The van der Waals surface area contributed by atoms with Crippen LogP contribution in [0.2, 0.25) is 0 Å². The number of carboxylic acids is 1. The number of carbonyl (C=O) groups excluding carboxylic acids is 1. The summed E-state index contributed by atoms with van der Waals surface area (Å²) in [4.78, 5) is 38.5. The Balaban J connectivity index is 1.20. The summed E-state index contributed by atoms with van der Waals surface area (Å²) in [6, 6.07) is 15.7. The highest BCUT2D eigenvalue weighted by Gasteiger charge is 2.30. The van der Waals surface area contributed by atoms with Gasteiger partial charge in [0, 0.05) is 25.3 Å². The predicted molar refractivity (Wildman–Crippen MR) is 171 cm³/mol. The number of nitrogens with zero attached hydrogens (tertiary/aromatic N) is 4. The quantitative estimate of drug-likeness (QED) is 0.297. The van der Waals surface area contributed by atoms with Gasteiger partial charge in [0.1, 0.15) is 11.9 Å². The maximum Gasteiger partial charge on any atom is 0.309 e. The molecule has 2 N–H and O–H groups in total. The van der Waals surface area contributed by atoms with Crippen molar-refractivity contribution in [1.82, 2.24) is 9.97 Å².